The molecule has 442 valence electrons. The highest BCUT2D eigenvalue weighted by atomic mass is 16.6. The molecule has 75 heavy (non-hydrogen) atoms. The largest absolute Gasteiger partial charge is 0.462 e. The third-order valence-corrected chi connectivity index (χ3v) is 15.5. The molecule has 0 radical (unpaired) electrons. The number of carbonyl (C=O) groups is 3. The summed E-state index contributed by atoms with van der Waals surface area (Å²) in [7, 11) is 0. The Bertz CT molecular complexity index is 1210. The van der Waals surface area contributed by atoms with E-state index in [1.165, 1.54) is 263 Å². The van der Waals surface area contributed by atoms with Crippen LogP contribution in [-0.4, -0.2) is 37.2 Å². The van der Waals surface area contributed by atoms with Crippen molar-refractivity contribution < 1.29 is 28.6 Å². The van der Waals surface area contributed by atoms with E-state index in [0.717, 1.165) is 77.0 Å². The van der Waals surface area contributed by atoms with E-state index in [4.69, 9.17) is 14.2 Å². The topological polar surface area (TPSA) is 78.9 Å². The molecule has 0 rings (SSSR count). The fourth-order valence-corrected chi connectivity index (χ4v) is 10.3. The van der Waals surface area contributed by atoms with E-state index in [9.17, 15) is 14.4 Å². The molecule has 0 aromatic heterocycles. The first-order valence-corrected chi connectivity index (χ1v) is 33.8. The smallest absolute Gasteiger partial charge is 0.306 e. The van der Waals surface area contributed by atoms with Gasteiger partial charge >= 0.3 is 17.9 Å². The lowest BCUT2D eigenvalue weighted by Gasteiger charge is -2.18. The van der Waals surface area contributed by atoms with E-state index < -0.39 is 6.10 Å². The second kappa shape index (κ2) is 64.4. The molecular weight excluding hydrogens is 925 g/mol. The zero-order valence-electron chi connectivity index (χ0n) is 50.8. The van der Waals surface area contributed by atoms with Crippen molar-refractivity contribution in [3.05, 3.63) is 24.3 Å². The Morgan fingerprint density at radius 3 is 0.773 bits per heavy atom. The molecule has 0 spiro atoms. The van der Waals surface area contributed by atoms with Gasteiger partial charge < -0.3 is 14.2 Å². The Morgan fingerprint density at radius 1 is 0.267 bits per heavy atom. The minimum atomic E-state index is -0.773. The van der Waals surface area contributed by atoms with Gasteiger partial charge in [0.05, 0.1) is 0 Å². The SMILES string of the molecule is CCCC/C=C\C/C=C\CCCCCCCC(=O)OCC(COC(=O)CCCCCCCCCCCCCCCCCCCCCCCCCCCC)OC(=O)CCCCCCCCCCCCCCCCCCC. The summed E-state index contributed by atoms with van der Waals surface area (Å²) in [5.41, 5.74) is 0. The average molecular weight is 1060 g/mol. The molecule has 0 aromatic rings. The Kier molecular flexibility index (Phi) is 62.6. The molecule has 0 saturated carbocycles. The van der Waals surface area contributed by atoms with Gasteiger partial charge in [0.15, 0.2) is 6.10 Å². The van der Waals surface area contributed by atoms with Crippen LogP contribution in [0.3, 0.4) is 0 Å². The number of allylic oxidation sites excluding steroid dienone is 4. The Morgan fingerprint density at radius 2 is 0.493 bits per heavy atom. The fraction of sp³-hybridized carbons (Fsp3) is 0.899. The molecule has 0 aliphatic rings. The standard InChI is InChI=1S/C69H130O6/c1-4-7-10-13-16-19-22-25-28-30-31-32-33-34-35-36-37-38-40-41-44-47-50-53-56-59-62-68(71)74-65-66(64-73-67(70)61-58-55-52-49-46-43-27-24-21-18-15-12-9-6-3)75-69(72)63-60-57-54-51-48-45-42-39-29-26-23-20-17-14-11-8-5-2/h15,18,24,27,66H,4-14,16-17,19-23,25-26,28-65H2,1-3H3/b18-15-,27-24-. The molecule has 1 unspecified atom stereocenters. The van der Waals surface area contributed by atoms with Crippen molar-refractivity contribution in [3.63, 3.8) is 0 Å². The minimum Gasteiger partial charge on any atom is -0.462 e. The lowest BCUT2D eigenvalue weighted by molar-refractivity contribution is -0.167. The predicted octanol–water partition coefficient (Wildman–Crippen LogP) is 23.0. The van der Waals surface area contributed by atoms with Gasteiger partial charge in [-0.05, 0) is 44.9 Å². The van der Waals surface area contributed by atoms with E-state index in [2.05, 4.69) is 45.1 Å². The van der Waals surface area contributed by atoms with Crippen molar-refractivity contribution in [1.29, 1.82) is 0 Å². The number of esters is 3. The summed E-state index contributed by atoms with van der Waals surface area (Å²) in [5, 5.41) is 0. The van der Waals surface area contributed by atoms with Crippen molar-refractivity contribution >= 4 is 17.9 Å². The predicted molar refractivity (Wildman–Crippen MR) is 326 cm³/mol. The quantitative estimate of drug-likeness (QED) is 0.0261. The highest BCUT2D eigenvalue weighted by Crippen LogP contribution is 2.19. The van der Waals surface area contributed by atoms with Crippen LogP contribution in [-0.2, 0) is 28.6 Å². The molecule has 0 heterocycles. The third-order valence-electron chi connectivity index (χ3n) is 15.5. The van der Waals surface area contributed by atoms with Crippen LogP contribution in [0.1, 0.15) is 380 Å². The van der Waals surface area contributed by atoms with Crippen LogP contribution in [0.25, 0.3) is 0 Å². The lowest BCUT2D eigenvalue weighted by atomic mass is 10.0. The summed E-state index contributed by atoms with van der Waals surface area (Å²) in [6.45, 7) is 6.67. The number of hydrogen-bond donors (Lipinski definition) is 0. The summed E-state index contributed by atoms with van der Waals surface area (Å²) in [6.07, 6.45) is 77.7. The van der Waals surface area contributed by atoms with Crippen LogP contribution in [0.15, 0.2) is 24.3 Å². The number of hydrogen-bond acceptors (Lipinski definition) is 6. The third kappa shape index (κ3) is 62.6. The highest BCUT2D eigenvalue weighted by molar-refractivity contribution is 5.71. The maximum atomic E-state index is 12.9. The molecule has 0 aliphatic heterocycles. The maximum Gasteiger partial charge on any atom is 0.306 e. The van der Waals surface area contributed by atoms with Crippen LogP contribution in [0.4, 0.5) is 0 Å². The van der Waals surface area contributed by atoms with Gasteiger partial charge in [-0.15, -0.1) is 0 Å². The van der Waals surface area contributed by atoms with E-state index >= 15 is 0 Å². The zero-order chi connectivity index (χ0) is 54.3. The lowest BCUT2D eigenvalue weighted by Crippen LogP contribution is -2.30. The zero-order valence-corrected chi connectivity index (χ0v) is 50.8. The van der Waals surface area contributed by atoms with Crippen molar-refractivity contribution in [3.8, 4) is 0 Å². The average Bonchev–Trinajstić information content (AvgIpc) is 3.41. The monoisotopic (exact) mass is 1050 g/mol. The number of rotatable bonds is 63. The molecule has 1 atom stereocenters. The second-order valence-electron chi connectivity index (χ2n) is 23.1. The molecule has 0 saturated heterocycles. The summed E-state index contributed by atoms with van der Waals surface area (Å²) in [6, 6.07) is 0. The van der Waals surface area contributed by atoms with Gasteiger partial charge in [-0.25, -0.2) is 0 Å². The van der Waals surface area contributed by atoms with Gasteiger partial charge in [-0.1, -0.05) is 340 Å². The van der Waals surface area contributed by atoms with Crippen molar-refractivity contribution in [2.75, 3.05) is 13.2 Å². The molecule has 6 heteroatoms. The summed E-state index contributed by atoms with van der Waals surface area (Å²) < 4.78 is 17.0. The molecule has 0 aliphatic carbocycles. The van der Waals surface area contributed by atoms with Gasteiger partial charge in [0, 0.05) is 19.3 Å². The van der Waals surface area contributed by atoms with E-state index in [1.807, 2.05) is 0 Å². The number of ether oxygens (including phenoxy) is 3. The normalized spacial score (nSPS) is 12.1. The molecule has 0 N–H and O–H groups in total. The van der Waals surface area contributed by atoms with Crippen molar-refractivity contribution in [2.45, 2.75) is 386 Å². The molecule has 0 aromatic carbocycles. The number of unbranched alkanes of at least 4 members (excludes halogenated alkanes) is 48. The summed E-state index contributed by atoms with van der Waals surface area (Å²) in [5.74, 6) is -0.854. The van der Waals surface area contributed by atoms with Gasteiger partial charge in [-0.2, -0.15) is 0 Å². The molecule has 0 fully saturated rings. The summed E-state index contributed by atoms with van der Waals surface area (Å²) in [4.78, 5) is 38.3. The first-order chi connectivity index (χ1) is 37.0. The van der Waals surface area contributed by atoms with Gasteiger partial charge in [-0.3, -0.25) is 14.4 Å². The van der Waals surface area contributed by atoms with Crippen molar-refractivity contribution in [1.82, 2.24) is 0 Å². The second-order valence-corrected chi connectivity index (χ2v) is 23.1. The molecule has 6 nitrogen and oxygen atoms in total. The first-order valence-electron chi connectivity index (χ1n) is 33.8. The molecular formula is C69H130O6. The Labute approximate surface area is 468 Å². The van der Waals surface area contributed by atoms with Crippen LogP contribution in [0.5, 0.6) is 0 Å². The number of carbonyl (C=O) groups excluding carboxylic acids is 3. The van der Waals surface area contributed by atoms with Crippen LogP contribution in [0.2, 0.25) is 0 Å². The first kappa shape index (κ1) is 72.9. The maximum absolute atomic E-state index is 12.9. The Hall–Kier alpha value is -2.11. The van der Waals surface area contributed by atoms with Crippen LogP contribution in [0, 0.1) is 0 Å². The van der Waals surface area contributed by atoms with Gasteiger partial charge in [0.2, 0.25) is 0 Å². The highest BCUT2D eigenvalue weighted by Gasteiger charge is 2.19. The van der Waals surface area contributed by atoms with E-state index in [-0.39, 0.29) is 31.1 Å². The minimum absolute atomic E-state index is 0.0695. The molecule has 0 bridgehead atoms. The fourth-order valence-electron chi connectivity index (χ4n) is 10.3. The van der Waals surface area contributed by atoms with Crippen LogP contribution >= 0.6 is 0 Å². The summed E-state index contributed by atoms with van der Waals surface area (Å²) >= 11 is 0. The van der Waals surface area contributed by atoms with E-state index in [1.54, 1.807) is 0 Å². The molecule has 0 amide bonds. The van der Waals surface area contributed by atoms with Crippen LogP contribution < -0.4 is 0 Å². The van der Waals surface area contributed by atoms with Gasteiger partial charge in [0.1, 0.15) is 13.2 Å². The van der Waals surface area contributed by atoms with Crippen molar-refractivity contribution in [2.24, 2.45) is 0 Å². The van der Waals surface area contributed by atoms with Gasteiger partial charge in [0.25, 0.3) is 0 Å². The Balaban J connectivity index is 4.21. The van der Waals surface area contributed by atoms with E-state index in [0.29, 0.717) is 19.3 Å².